The summed E-state index contributed by atoms with van der Waals surface area (Å²) in [7, 11) is 0. The number of para-hydroxylation sites is 2. The number of hydrogen-bond donors (Lipinski definition) is 2. The molecule has 0 radical (unpaired) electrons. The highest BCUT2D eigenvalue weighted by molar-refractivity contribution is 5.83. The van der Waals surface area contributed by atoms with Crippen LogP contribution in [0.15, 0.2) is 90.0 Å². The molecule has 6 rings (SSSR count). The number of fused-ring (bicyclic) bond motifs is 1. The van der Waals surface area contributed by atoms with Crippen molar-refractivity contribution in [2.24, 2.45) is 0 Å². The quantitative estimate of drug-likeness (QED) is 0.306. The van der Waals surface area contributed by atoms with Crippen LogP contribution in [-0.4, -0.2) is 61.3 Å². The smallest absolute Gasteiger partial charge is 0.350 e. The molecular weight excluding hydrogens is 516 g/mol. The van der Waals surface area contributed by atoms with Crippen molar-refractivity contribution in [3.63, 3.8) is 0 Å². The van der Waals surface area contributed by atoms with Crippen LogP contribution in [0.2, 0.25) is 0 Å². The Morgan fingerprint density at radius 3 is 2.27 bits per heavy atom. The number of carbonyl (C=O) groups is 1. The molecule has 0 saturated carbocycles. The zero-order valence-corrected chi connectivity index (χ0v) is 23.3. The third-order valence-corrected chi connectivity index (χ3v) is 7.59. The van der Waals surface area contributed by atoms with E-state index >= 15 is 0 Å². The summed E-state index contributed by atoms with van der Waals surface area (Å²) in [6.45, 7) is 7.25. The summed E-state index contributed by atoms with van der Waals surface area (Å²) in [6, 6.07) is 25.4. The van der Waals surface area contributed by atoms with Gasteiger partial charge in [-0.15, -0.1) is 0 Å². The average Bonchev–Trinajstić information content (AvgIpc) is 3.60. The molecule has 1 amide bonds. The second kappa shape index (κ2) is 11.4. The molecular formula is C31H34N8O2. The molecule has 1 aliphatic heterocycles. The van der Waals surface area contributed by atoms with Gasteiger partial charge in [0, 0.05) is 31.9 Å². The first-order valence-electron chi connectivity index (χ1n) is 14.0. The lowest BCUT2D eigenvalue weighted by Gasteiger charge is -2.39. The van der Waals surface area contributed by atoms with Crippen molar-refractivity contribution in [2.45, 2.75) is 32.5 Å². The number of carbonyl (C=O) groups excluding carboxylic acids is 1. The first kappa shape index (κ1) is 26.5. The van der Waals surface area contributed by atoms with E-state index < -0.39 is 6.04 Å². The van der Waals surface area contributed by atoms with Crippen molar-refractivity contribution in [3.8, 4) is 5.69 Å². The molecule has 2 aromatic heterocycles. The van der Waals surface area contributed by atoms with Crippen molar-refractivity contribution in [1.82, 2.24) is 34.5 Å². The van der Waals surface area contributed by atoms with Crippen LogP contribution in [0.4, 0.5) is 5.69 Å². The highest BCUT2D eigenvalue weighted by Crippen LogP contribution is 2.25. The SMILES string of the molecule is CC(C)n1ncn(-c2ccc(N3CCN(C(C(=O)NCc4nc5ccccc5[nH]4)c4ccccc4)CC3)cc2)c1=O. The van der Waals surface area contributed by atoms with Gasteiger partial charge in [0.05, 0.1) is 29.3 Å². The third kappa shape index (κ3) is 5.51. The molecule has 0 spiro atoms. The number of nitrogens with zero attached hydrogens (tertiary/aromatic N) is 6. The standard InChI is InChI=1S/C31H34N8O2/c1-22(2)39-31(41)38(21-33-39)25-14-12-24(13-15-25)36-16-18-37(19-17-36)29(23-8-4-3-5-9-23)30(40)32-20-28-34-26-10-6-7-11-27(26)35-28/h3-15,21-22,29H,16-20H2,1-2H3,(H,32,40)(H,34,35). The van der Waals surface area contributed by atoms with E-state index in [9.17, 15) is 9.59 Å². The number of benzene rings is 3. The number of aromatic amines is 1. The number of rotatable bonds is 8. The normalized spacial score (nSPS) is 15.0. The molecule has 0 aliphatic carbocycles. The summed E-state index contributed by atoms with van der Waals surface area (Å²) < 4.78 is 3.04. The predicted molar refractivity (Wildman–Crippen MR) is 159 cm³/mol. The predicted octanol–water partition coefficient (Wildman–Crippen LogP) is 3.67. The van der Waals surface area contributed by atoms with Crippen LogP contribution in [0.1, 0.15) is 37.3 Å². The number of imidazole rings is 1. The monoisotopic (exact) mass is 550 g/mol. The number of aromatic nitrogens is 5. The summed E-state index contributed by atoms with van der Waals surface area (Å²) in [5.74, 6) is 0.695. The number of amides is 1. The highest BCUT2D eigenvalue weighted by Gasteiger charge is 2.30. The van der Waals surface area contributed by atoms with Crippen LogP contribution < -0.4 is 15.9 Å². The van der Waals surface area contributed by atoms with E-state index in [1.54, 1.807) is 10.9 Å². The Balaban J connectivity index is 1.13. The Morgan fingerprint density at radius 2 is 1.59 bits per heavy atom. The molecule has 1 saturated heterocycles. The molecule has 2 N–H and O–H groups in total. The fraction of sp³-hybridized carbons (Fsp3) is 0.290. The van der Waals surface area contributed by atoms with Gasteiger partial charge in [-0.2, -0.15) is 5.10 Å². The fourth-order valence-electron chi connectivity index (χ4n) is 5.43. The summed E-state index contributed by atoms with van der Waals surface area (Å²) in [6.07, 6.45) is 1.57. The van der Waals surface area contributed by atoms with Gasteiger partial charge in [0.2, 0.25) is 5.91 Å². The minimum absolute atomic E-state index is 0.00591. The van der Waals surface area contributed by atoms with E-state index in [0.717, 1.165) is 60.0 Å². The molecule has 1 unspecified atom stereocenters. The maximum absolute atomic E-state index is 13.6. The topological polar surface area (TPSA) is 104 Å². The molecule has 10 heteroatoms. The molecule has 210 valence electrons. The van der Waals surface area contributed by atoms with Gasteiger partial charge in [-0.05, 0) is 55.8 Å². The van der Waals surface area contributed by atoms with Crippen LogP contribution in [0.3, 0.4) is 0 Å². The van der Waals surface area contributed by atoms with Gasteiger partial charge in [-0.25, -0.2) is 19.0 Å². The Labute approximate surface area is 238 Å². The Hall–Kier alpha value is -4.70. The second-order valence-electron chi connectivity index (χ2n) is 10.6. The Bertz CT molecular complexity index is 1650. The van der Waals surface area contributed by atoms with Gasteiger partial charge in [0.15, 0.2) is 0 Å². The number of anilines is 1. The number of H-pyrrole nitrogens is 1. The Morgan fingerprint density at radius 1 is 0.902 bits per heavy atom. The van der Waals surface area contributed by atoms with Crippen molar-refractivity contribution in [2.75, 3.05) is 31.1 Å². The first-order valence-corrected chi connectivity index (χ1v) is 14.0. The molecule has 0 bridgehead atoms. The first-order chi connectivity index (χ1) is 20.0. The number of piperazine rings is 1. The van der Waals surface area contributed by atoms with Crippen molar-refractivity contribution >= 4 is 22.6 Å². The molecule has 1 atom stereocenters. The maximum Gasteiger partial charge on any atom is 0.350 e. The van der Waals surface area contributed by atoms with E-state index in [1.165, 1.54) is 4.68 Å². The minimum Gasteiger partial charge on any atom is -0.369 e. The third-order valence-electron chi connectivity index (χ3n) is 7.59. The largest absolute Gasteiger partial charge is 0.369 e. The second-order valence-corrected chi connectivity index (χ2v) is 10.6. The molecule has 3 aromatic carbocycles. The van der Waals surface area contributed by atoms with Crippen LogP contribution in [0.5, 0.6) is 0 Å². The van der Waals surface area contributed by atoms with Gasteiger partial charge in [0.25, 0.3) is 0 Å². The van der Waals surface area contributed by atoms with Crippen LogP contribution in [-0.2, 0) is 11.3 Å². The highest BCUT2D eigenvalue weighted by atomic mass is 16.2. The zero-order chi connectivity index (χ0) is 28.3. The van der Waals surface area contributed by atoms with Crippen molar-refractivity contribution < 1.29 is 4.79 Å². The minimum atomic E-state index is -0.394. The average molecular weight is 551 g/mol. The van der Waals surface area contributed by atoms with Crippen molar-refractivity contribution in [1.29, 1.82) is 0 Å². The van der Waals surface area contributed by atoms with Gasteiger partial charge in [-0.1, -0.05) is 42.5 Å². The Kier molecular flexibility index (Phi) is 7.39. The summed E-state index contributed by atoms with van der Waals surface area (Å²) >= 11 is 0. The van der Waals surface area contributed by atoms with Gasteiger partial charge in [0.1, 0.15) is 18.2 Å². The molecule has 5 aromatic rings. The van der Waals surface area contributed by atoms with E-state index in [4.69, 9.17) is 0 Å². The van der Waals surface area contributed by atoms with E-state index in [-0.39, 0.29) is 17.6 Å². The van der Waals surface area contributed by atoms with E-state index in [1.807, 2.05) is 92.7 Å². The number of hydrogen-bond acceptors (Lipinski definition) is 6. The number of nitrogens with one attached hydrogen (secondary N) is 2. The summed E-state index contributed by atoms with van der Waals surface area (Å²) in [5, 5.41) is 7.33. The molecule has 41 heavy (non-hydrogen) atoms. The van der Waals surface area contributed by atoms with Gasteiger partial charge in [-0.3, -0.25) is 9.69 Å². The van der Waals surface area contributed by atoms with Crippen molar-refractivity contribution in [3.05, 3.63) is 107 Å². The lowest BCUT2D eigenvalue weighted by atomic mass is 10.0. The van der Waals surface area contributed by atoms with Crippen LogP contribution in [0.25, 0.3) is 16.7 Å². The lowest BCUT2D eigenvalue weighted by molar-refractivity contribution is -0.127. The van der Waals surface area contributed by atoms with E-state index in [0.29, 0.717) is 6.54 Å². The summed E-state index contributed by atoms with van der Waals surface area (Å²) in [5.41, 5.74) is 4.54. The lowest BCUT2D eigenvalue weighted by Crippen LogP contribution is -2.51. The molecule has 1 aliphatic rings. The maximum atomic E-state index is 13.6. The van der Waals surface area contributed by atoms with Gasteiger partial charge >= 0.3 is 5.69 Å². The van der Waals surface area contributed by atoms with Crippen LogP contribution in [0, 0.1) is 0 Å². The van der Waals surface area contributed by atoms with Gasteiger partial charge < -0.3 is 15.2 Å². The molecule has 3 heterocycles. The van der Waals surface area contributed by atoms with Crippen LogP contribution >= 0.6 is 0 Å². The summed E-state index contributed by atoms with van der Waals surface area (Å²) in [4.78, 5) is 38.7. The fourth-order valence-corrected chi connectivity index (χ4v) is 5.43. The molecule has 10 nitrogen and oxygen atoms in total. The zero-order valence-electron chi connectivity index (χ0n) is 23.3. The van der Waals surface area contributed by atoms with E-state index in [2.05, 4.69) is 30.2 Å². The molecule has 1 fully saturated rings.